The number of rotatable bonds is 4. The molecule has 0 amide bonds. The summed E-state index contributed by atoms with van der Waals surface area (Å²) >= 11 is 3.54. The fourth-order valence-corrected chi connectivity index (χ4v) is 15.5. The van der Waals surface area contributed by atoms with Gasteiger partial charge in [-0.1, -0.05) is 255 Å². The summed E-state index contributed by atoms with van der Waals surface area (Å²) in [7, 11) is -0.439. The minimum absolute atomic E-state index is 0.402. The Morgan fingerprint density at radius 2 is 0.681 bits per heavy atom. The molecule has 450 valence electrons. The van der Waals surface area contributed by atoms with E-state index in [9.17, 15) is 0 Å². The molecule has 14 aromatic rings. The van der Waals surface area contributed by atoms with Crippen LogP contribution in [0.5, 0.6) is 23.0 Å². The van der Waals surface area contributed by atoms with Crippen molar-refractivity contribution in [3.8, 4) is 78.9 Å². The first-order valence-corrected chi connectivity index (χ1v) is 32.9. The van der Waals surface area contributed by atoms with Crippen molar-refractivity contribution in [2.75, 3.05) is 0 Å². The van der Waals surface area contributed by atoms with E-state index in [1.54, 1.807) is 0 Å². The Balaban J connectivity index is 0.000000116. The second kappa shape index (κ2) is 22.4. The van der Waals surface area contributed by atoms with E-state index in [0.717, 1.165) is 105 Å². The molecule has 3 aliphatic heterocycles. The molecule has 2 aromatic heterocycles. The van der Waals surface area contributed by atoms with Crippen molar-refractivity contribution < 1.29 is 18.8 Å². The third-order valence-corrected chi connectivity index (χ3v) is 20.7. The largest absolute Gasteiger partial charge is 0.494 e. The maximum Gasteiger partial charge on any atom is 0.494 e. The zero-order chi connectivity index (χ0) is 63.3. The van der Waals surface area contributed by atoms with Crippen LogP contribution in [0, 0.1) is 0 Å². The Morgan fingerprint density at radius 1 is 0.298 bits per heavy atom. The monoisotopic (exact) mass is 1280 g/mol. The summed E-state index contributed by atoms with van der Waals surface area (Å²) < 4.78 is 27.1. The highest BCUT2D eigenvalue weighted by Crippen LogP contribution is 2.64. The molecule has 2 spiro atoms. The molecule has 0 saturated carbocycles. The number of hydrogen-bond acceptors (Lipinski definition) is 6. The number of benzene rings is 12. The maximum absolute atomic E-state index is 6.63. The molecule has 0 N–H and O–H groups in total. The quantitative estimate of drug-likeness (QED) is 0.164. The number of aromatic nitrogens is 2. The van der Waals surface area contributed by atoms with Crippen molar-refractivity contribution in [3.63, 3.8) is 0 Å². The Hall–Kier alpha value is -10.5. The lowest BCUT2D eigenvalue weighted by Gasteiger charge is -2.39. The number of ether oxygens (including phenoxy) is 2. The molecule has 1 fully saturated rings. The van der Waals surface area contributed by atoms with Crippen molar-refractivity contribution in [2.24, 2.45) is 0 Å². The molecule has 94 heavy (non-hydrogen) atoms. The molecule has 1 saturated heterocycles. The fraction of sp³-hybridized carbons (Fsp3) is 0.0930. The highest BCUT2D eigenvalue weighted by Gasteiger charge is 2.55. The van der Waals surface area contributed by atoms with Crippen molar-refractivity contribution in [3.05, 3.63) is 352 Å². The number of fused-ring (bicyclic) bond motifs is 20. The molecule has 0 bridgehead atoms. The molecule has 5 heterocycles. The molecule has 12 aromatic carbocycles. The first kappa shape index (κ1) is 57.4. The van der Waals surface area contributed by atoms with Crippen LogP contribution in [0.4, 0.5) is 0 Å². The summed E-state index contributed by atoms with van der Waals surface area (Å²) in [4.78, 5) is 9.90. The third-order valence-electron chi connectivity index (χ3n) is 20.1. The summed E-state index contributed by atoms with van der Waals surface area (Å²) in [6, 6.07) is 107. The van der Waals surface area contributed by atoms with Gasteiger partial charge in [0, 0.05) is 54.2 Å². The average Bonchev–Trinajstić information content (AvgIpc) is 1.51. The lowest BCUT2D eigenvalue weighted by Crippen LogP contribution is -2.41. The van der Waals surface area contributed by atoms with E-state index >= 15 is 0 Å². The van der Waals surface area contributed by atoms with Crippen LogP contribution in [-0.4, -0.2) is 28.3 Å². The van der Waals surface area contributed by atoms with Gasteiger partial charge in [0.2, 0.25) is 0 Å². The summed E-state index contributed by atoms with van der Waals surface area (Å²) in [5.74, 6) is 3.57. The Bertz CT molecular complexity index is 5230. The van der Waals surface area contributed by atoms with Gasteiger partial charge < -0.3 is 18.8 Å². The van der Waals surface area contributed by atoms with Gasteiger partial charge in [-0.15, -0.1) is 0 Å². The third kappa shape index (κ3) is 8.99. The predicted molar refractivity (Wildman–Crippen MR) is 384 cm³/mol. The minimum Gasteiger partial charge on any atom is -0.457 e. The average molecular weight is 1280 g/mol. The van der Waals surface area contributed by atoms with Gasteiger partial charge in [0.25, 0.3) is 0 Å². The van der Waals surface area contributed by atoms with Gasteiger partial charge in [-0.25, -0.2) is 9.97 Å². The molecular weight excluding hydrogens is 1220 g/mol. The van der Waals surface area contributed by atoms with Crippen LogP contribution >= 0.6 is 15.9 Å². The molecule has 2 aliphatic carbocycles. The van der Waals surface area contributed by atoms with Gasteiger partial charge >= 0.3 is 7.12 Å². The molecular formula is C86H62BBrN2O4. The predicted octanol–water partition coefficient (Wildman–Crippen LogP) is 21.2. The Kier molecular flexibility index (Phi) is 13.7. The minimum atomic E-state index is -0.486. The molecule has 8 heteroatoms. The highest BCUT2D eigenvalue weighted by atomic mass is 79.9. The van der Waals surface area contributed by atoms with Crippen molar-refractivity contribution in [1.29, 1.82) is 0 Å². The van der Waals surface area contributed by atoms with Gasteiger partial charge in [-0.2, -0.15) is 0 Å². The van der Waals surface area contributed by atoms with Gasteiger partial charge in [0.15, 0.2) is 0 Å². The lowest BCUT2D eigenvalue weighted by molar-refractivity contribution is 0.00578. The van der Waals surface area contributed by atoms with Gasteiger partial charge in [-0.3, -0.25) is 0 Å². The van der Waals surface area contributed by atoms with Gasteiger partial charge in [-0.05, 0) is 148 Å². The topological polar surface area (TPSA) is 62.7 Å². The highest BCUT2D eigenvalue weighted by molar-refractivity contribution is 9.10. The van der Waals surface area contributed by atoms with Crippen LogP contribution in [0.2, 0.25) is 0 Å². The molecule has 0 radical (unpaired) electrons. The van der Waals surface area contributed by atoms with Crippen molar-refractivity contribution in [2.45, 2.75) is 49.7 Å². The Morgan fingerprint density at radius 3 is 1.18 bits per heavy atom. The van der Waals surface area contributed by atoms with Crippen LogP contribution < -0.4 is 14.9 Å². The van der Waals surface area contributed by atoms with E-state index in [1.165, 1.54) is 50.1 Å². The number of hydrogen-bond donors (Lipinski definition) is 0. The lowest BCUT2D eigenvalue weighted by atomic mass is 9.64. The van der Waals surface area contributed by atoms with Crippen LogP contribution in [0.15, 0.2) is 308 Å². The number of para-hydroxylation sites is 4. The van der Waals surface area contributed by atoms with Crippen LogP contribution in [-0.2, 0) is 20.1 Å². The molecule has 0 atom stereocenters. The Labute approximate surface area is 556 Å². The second-order valence-electron chi connectivity index (χ2n) is 25.7. The first-order chi connectivity index (χ1) is 46.0. The van der Waals surface area contributed by atoms with Gasteiger partial charge in [0.1, 0.15) is 23.0 Å². The smallest absolute Gasteiger partial charge is 0.457 e. The number of halogens is 1. The summed E-state index contributed by atoms with van der Waals surface area (Å²) in [5, 5.41) is 2.27. The van der Waals surface area contributed by atoms with Crippen molar-refractivity contribution in [1.82, 2.24) is 9.97 Å². The van der Waals surface area contributed by atoms with Crippen molar-refractivity contribution >= 4 is 50.3 Å². The molecule has 6 nitrogen and oxygen atoms in total. The molecule has 19 rings (SSSR count). The van der Waals surface area contributed by atoms with Gasteiger partial charge in [0.05, 0.1) is 44.5 Å². The van der Waals surface area contributed by atoms with E-state index in [0.29, 0.717) is 0 Å². The molecule has 0 unspecified atom stereocenters. The normalized spacial score (nSPS) is 15.3. The summed E-state index contributed by atoms with van der Waals surface area (Å²) in [6.07, 6.45) is 0. The SMILES string of the molecule is Brc1cccc2ccc(-c3ccccc3)nc12.CC1(C)OB(c2ccc3c(c2)C2(c4ccccc4O3)c3ccccc3-c3ccccc32)OC1(C)C.c1ccc(-c2ccc3cccc(-c4ccc5c(c4)C4(c6ccccc6O5)c5ccccc5-c5ccccc54)c3n2)cc1. The van der Waals surface area contributed by atoms with E-state index < -0.39 is 29.2 Å². The maximum atomic E-state index is 6.63. The summed E-state index contributed by atoms with van der Waals surface area (Å²) in [6.45, 7) is 8.37. The summed E-state index contributed by atoms with van der Waals surface area (Å²) in [5.41, 5.74) is 22.6. The number of pyridine rings is 2. The fourth-order valence-electron chi connectivity index (χ4n) is 15.1. The van der Waals surface area contributed by atoms with Crippen LogP contribution in [0.25, 0.3) is 77.7 Å². The van der Waals surface area contributed by atoms with E-state index in [-0.39, 0.29) is 0 Å². The van der Waals surface area contributed by atoms with Crippen LogP contribution in [0.3, 0.4) is 0 Å². The second-order valence-corrected chi connectivity index (χ2v) is 26.6. The van der Waals surface area contributed by atoms with Crippen LogP contribution in [0.1, 0.15) is 72.2 Å². The standard InChI is InChI=1S/C40H25NO.C31H27BO3.C15H10BrN/c1-2-11-26(12-3-1)36-23-21-27-13-10-16-29(39(27)41-36)28-22-24-38-35(25-28)40(34-19-8-9-20-37(34)42-38)32-17-6-4-14-30(32)31-15-5-7-18-33(31)40;1-29(2)30(3,4)35-32(34-29)20-17-18-28-26(19-20)31(25-15-9-10-16-27(25)33-28)23-13-7-5-11-21(23)22-12-6-8-14-24(22)31;16-13-8-4-7-12-9-10-14(17-15(12)13)11-5-2-1-3-6-11/h1-25H;5-19H,1-4H3;1-10H. The van der Waals surface area contributed by atoms with E-state index in [4.69, 9.17) is 28.8 Å². The number of nitrogens with zero attached hydrogens (tertiary/aromatic N) is 2. The van der Waals surface area contributed by atoms with E-state index in [1.807, 2.05) is 42.5 Å². The van der Waals surface area contributed by atoms with E-state index in [2.05, 4.69) is 304 Å². The zero-order valence-corrected chi connectivity index (χ0v) is 53.9. The zero-order valence-electron chi connectivity index (χ0n) is 52.4. The molecule has 5 aliphatic rings. The first-order valence-electron chi connectivity index (χ1n) is 32.1.